The van der Waals surface area contributed by atoms with Crippen LogP contribution in [0.3, 0.4) is 0 Å². The van der Waals surface area contributed by atoms with Crippen LogP contribution in [0, 0.1) is 12.8 Å². The molecule has 0 atom stereocenters. The Bertz CT molecular complexity index is 304. The summed E-state index contributed by atoms with van der Waals surface area (Å²) in [5.74, 6) is 0.832. The third-order valence-corrected chi connectivity index (χ3v) is 2.64. The number of nitrogens with zero attached hydrogens (tertiary/aromatic N) is 2. The molecule has 78 valence electrons. The van der Waals surface area contributed by atoms with E-state index in [0.717, 1.165) is 37.1 Å². The van der Waals surface area contributed by atoms with Gasteiger partial charge < -0.3 is 10.5 Å². The lowest BCUT2D eigenvalue weighted by molar-refractivity contribution is 0.114. The van der Waals surface area contributed by atoms with Gasteiger partial charge in [0.05, 0.1) is 30.7 Å². The smallest absolute Gasteiger partial charge is 0.0730 e. The number of aromatic nitrogens is 2. The maximum Gasteiger partial charge on any atom is 0.0730 e. The molecule has 4 nitrogen and oxygen atoms in total. The summed E-state index contributed by atoms with van der Waals surface area (Å²) in [6, 6.07) is 0. The van der Waals surface area contributed by atoms with Crippen molar-refractivity contribution in [2.45, 2.75) is 26.3 Å². The number of hydrogen-bond acceptors (Lipinski definition) is 3. The van der Waals surface area contributed by atoms with Crippen molar-refractivity contribution in [2.24, 2.45) is 5.92 Å². The van der Waals surface area contributed by atoms with Crippen molar-refractivity contribution >= 4 is 5.69 Å². The molecular weight excluding hydrogens is 178 g/mol. The second-order valence-corrected chi connectivity index (χ2v) is 3.93. The van der Waals surface area contributed by atoms with Crippen LogP contribution in [0.25, 0.3) is 0 Å². The van der Waals surface area contributed by atoms with Crippen LogP contribution >= 0.6 is 0 Å². The predicted molar refractivity (Wildman–Crippen MR) is 54.9 cm³/mol. The van der Waals surface area contributed by atoms with Crippen LogP contribution in [-0.4, -0.2) is 23.0 Å². The summed E-state index contributed by atoms with van der Waals surface area (Å²) in [5, 5.41) is 4.16. The maximum atomic E-state index is 5.68. The van der Waals surface area contributed by atoms with E-state index in [1.807, 2.05) is 11.6 Å². The van der Waals surface area contributed by atoms with E-state index in [4.69, 9.17) is 10.5 Å². The molecule has 1 aromatic rings. The van der Waals surface area contributed by atoms with Crippen molar-refractivity contribution in [3.63, 3.8) is 0 Å². The van der Waals surface area contributed by atoms with Gasteiger partial charge in [-0.15, -0.1) is 0 Å². The first-order valence-corrected chi connectivity index (χ1v) is 5.13. The van der Waals surface area contributed by atoms with E-state index in [1.165, 1.54) is 12.8 Å². The highest BCUT2D eigenvalue weighted by atomic mass is 16.5. The molecule has 14 heavy (non-hydrogen) atoms. The maximum absolute atomic E-state index is 5.68. The summed E-state index contributed by atoms with van der Waals surface area (Å²) in [4.78, 5) is 0. The minimum absolute atomic E-state index is 0.735. The van der Waals surface area contributed by atoms with Crippen molar-refractivity contribution in [3.8, 4) is 0 Å². The molecule has 1 aliphatic rings. The van der Waals surface area contributed by atoms with Crippen molar-refractivity contribution in [1.29, 1.82) is 0 Å². The van der Waals surface area contributed by atoms with E-state index in [2.05, 4.69) is 5.10 Å². The van der Waals surface area contributed by atoms with Crippen molar-refractivity contribution < 1.29 is 4.74 Å². The van der Waals surface area contributed by atoms with Crippen LogP contribution < -0.4 is 5.73 Å². The van der Waals surface area contributed by atoms with Crippen LogP contribution in [0.1, 0.15) is 18.5 Å². The minimum atomic E-state index is 0.735. The molecule has 0 saturated heterocycles. The van der Waals surface area contributed by atoms with E-state index in [1.54, 1.807) is 6.20 Å². The van der Waals surface area contributed by atoms with Gasteiger partial charge in [-0.05, 0) is 25.7 Å². The molecule has 0 radical (unpaired) electrons. The Morgan fingerprint density at radius 2 is 2.43 bits per heavy atom. The number of nitrogen functional groups attached to an aromatic ring is 1. The Morgan fingerprint density at radius 3 is 3.00 bits per heavy atom. The Kier molecular flexibility index (Phi) is 2.72. The topological polar surface area (TPSA) is 53.1 Å². The zero-order chi connectivity index (χ0) is 9.97. The first-order valence-electron chi connectivity index (χ1n) is 5.13. The third kappa shape index (κ3) is 2.26. The van der Waals surface area contributed by atoms with Crippen LogP contribution in [0.2, 0.25) is 0 Å². The lowest BCUT2D eigenvalue weighted by atomic mass is 10.4. The molecule has 1 saturated carbocycles. The fourth-order valence-corrected chi connectivity index (χ4v) is 1.37. The van der Waals surface area contributed by atoms with Gasteiger partial charge in [-0.3, -0.25) is 4.68 Å². The summed E-state index contributed by atoms with van der Waals surface area (Å²) in [6.07, 6.45) is 4.37. The van der Waals surface area contributed by atoms with E-state index < -0.39 is 0 Å². The second kappa shape index (κ2) is 4.00. The van der Waals surface area contributed by atoms with Crippen LogP contribution in [-0.2, 0) is 11.3 Å². The molecule has 0 unspecified atom stereocenters. The lowest BCUT2D eigenvalue weighted by Crippen LogP contribution is -2.10. The quantitative estimate of drug-likeness (QED) is 0.718. The van der Waals surface area contributed by atoms with Gasteiger partial charge in [-0.1, -0.05) is 0 Å². The molecule has 2 rings (SSSR count). The van der Waals surface area contributed by atoms with Gasteiger partial charge >= 0.3 is 0 Å². The van der Waals surface area contributed by atoms with Gasteiger partial charge in [0.1, 0.15) is 0 Å². The molecular formula is C10H17N3O. The molecule has 1 aliphatic carbocycles. The summed E-state index contributed by atoms with van der Waals surface area (Å²) < 4.78 is 7.42. The molecule has 0 bridgehead atoms. The van der Waals surface area contributed by atoms with Gasteiger partial charge in [0, 0.05) is 6.61 Å². The Balaban J connectivity index is 1.71. The van der Waals surface area contributed by atoms with E-state index in [-0.39, 0.29) is 0 Å². The Morgan fingerprint density at radius 1 is 1.64 bits per heavy atom. The largest absolute Gasteiger partial charge is 0.396 e. The van der Waals surface area contributed by atoms with E-state index in [9.17, 15) is 0 Å². The SMILES string of the molecule is Cc1c(N)cnn1CCOCC1CC1. The average Bonchev–Trinajstić information content (AvgIpc) is 2.94. The van der Waals surface area contributed by atoms with E-state index >= 15 is 0 Å². The van der Waals surface area contributed by atoms with E-state index in [0.29, 0.717) is 0 Å². The third-order valence-electron chi connectivity index (χ3n) is 2.64. The fourth-order valence-electron chi connectivity index (χ4n) is 1.37. The number of hydrogen-bond donors (Lipinski definition) is 1. The molecule has 1 aromatic heterocycles. The summed E-state index contributed by atoms with van der Waals surface area (Å²) in [5.41, 5.74) is 7.46. The normalized spacial score (nSPS) is 16.1. The lowest BCUT2D eigenvalue weighted by Gasteiger charge is -2.05. The summed E-state index contributed by atoms with van der Waals surface area (Å²) in [6.45, 7) is 4.42. The minimum Gasteiger partial charge on any atom is -0.396 e. The van der Waals surface area contributed by atoms with Crippen molar-refractivity contribution in [2.75, 3.05) is 18.9 Å². The fraction of sp³-hybridized carbons (Fsp3) is 0.700. The van der Waals surface area contributed by atoms with Crippen LogP contribution in [0.15, 0.2) is 6.20 Å². The Labute approximate surface area is 84.0 Å². The van der Waals surface area contributed by atoms with Crippen LogP contribution in [0.5, 0.6) is 0 Å². The standard InChI is InChI=1S/C10H17N3O/c1-8-10(11)6-12-13(8)4-5-14-7-9-2-3-9/h6,9H,2-5,7,11H2,1H3. The highest BCUT2D eigenvalue weighted by Gasteiger charge is 2.20. The molecule has 2 N–H and O–H groups in total. The summed E-state index contributed by atoms with van der Waals surface area (Å²) >= 11 is 0. The molecule has 4 heteroatoms. The van der Waals surface area contributed by atoms with Crippen LogP contribution in [0.4, 0.5) is 5.69 Å². The van der Waals surface area contributed by atoms with Gasteiger partial charge in [-0.2, -0.15) is 5.10 Å². The van der Waals surface area contributed by atoms with Gasteiger partial charge in [-0.25, -0.2) is 0 Å². The highest BCUT2D eigenvalue weighted by Crippen LogP contribution is 2.28. The molecule has 0 amide bonds. The first kappa shape index (κ1) is 9.52. The zero-order valence-electron chi connectivity index (χ0n) is 8.57. The van der Waals surface area contributed by atoms with Crippen molar-refractivity contribution in [3.05, 3.63) is 11.9 Å². The molecule has 0 aliphatic heterocycles. The van der Waals surface area contributed by atoms with Gasteiger partial charge in [0.2, 0.25) is 0 Å². The zero-order valence-corrected chi connectivity index (χ0v) is 8.57. The Hall–Kier alpha value is -1.03. The average molecular weight is 195 g/mol. The number of anilines is 1. The van der Waals surface area contributed by atoms with Gasteiger partial charge in [0.25, 0.3) is 0 Å². The number of rotatable bonds is 5. The first-order chi connectivity index (χ1) is 6.77. The number of nitrogens with two attached hydrogens (primary N) is 1. The molecule has 0 aromatic carbocycles. The van der Waals surface area contributed by atoms with Gasteiger partial charge in [0.15, 0.2) is 0 Å². The summed E-state index contributed by atoms with van der Waals surface area (Å²) in [7, 11) is 0. The predicted octanol–water partition coefficient (Wildman–Crippen LogP) is 1.20. The van der Waals surface area contributed by atoms with Crippen molar-refractivity contribution in [1.82, 2.24) is 9.78 Å². The molecule has 1 heterocycles. The number of ether oxygens (including phenoxy) is 1. The highest BCUT2D eigenvalue weighted by molar-refractivity contribution is 5.39. The monoisotopic (exact) mass is 195 g/mol. The molecule has 1 fully saturated rings. The molecule has 0 spiro atoms. The second-order valence-electron chi connectivity index (χ2n) is 3.93.